The Morgan fingerprint density at radius 3 is 2.21 bits per heavy atom. The first-order valence-corrected chi connectivity index (χ1v) is 9.57. The summed E-state index contributed by atoms with van der Waals surface area (Å²) in [5, 5.41) is 3.98. The number of carbonyl (C=O) groups excluding carboxylic acids is 3. The van der Waals surface area contributed by atoms with Crippen molar-refractivity contribution in [2.75, 3.05) is 18.4 Å². The van der Waals surface area contributed by atoms with Gasteiger partial charge in [0.05, 0.1) is 6.54 Å². The van der Waals surface area contributed by atoms with E-state index in [1.165, 1.54) is 11.9 Å². The number of nitrogens with zero attached hydrogens (tertiary/aromatic N) is 2. The molecule has 28 heavy (non-hydrogen) atoms. The SMILES string of the molecule is CC(=O)Nc1ccc(CN(NC(=O)OC(C)(C)C)C(=O)N2CCCCC2)cc1. The Kier molecular flexibility index (Phi) is 7.25. The zero-order valence-electron chi connectivity index (χ0n) is 17.1. The first-order chi connectivity index (χ1) is 13.1. The number of benzene rings is 1. The Bertz CT molecular complexity index is 691. The number of hydrogen-bond acceptors (Lipinski definition) is 4. The molecule has 8 heteroatoms. The van der Waals surface area contributed by atoms with E-state index in [1.54, 1.807) is 49.9 Å². The van der Waals surface area contributed by atoms with Crippen molar-refractivity contribution < 1.29 is 19.1 Å². The molecule has 1 fully saturated rings. The number of nitrogens with one attached hydrogen (secondary N) is 2. The molecular formula is C20H30N4O4. The third-order valence-electron chi connectivity index (χ3n) is 4.10. The van der Waals surface area contributed by atoms with Crippen molar-refractivity contribution in [1.82, 2.24) is 15.3 Å². The highest BCUT2D eigenvalue weighted by Gasteiger charge is 2.26. The van der Waals surface area contributed by atoms with Crippen LogP contribution in [0.2, 0.25) is 0 Å². The summed E-state index contributed by atoms with van der Waals surface area (Å²) in [5.41, 5.74) is 3.40. The van der Waals surface area contributed by atoms with Gasteiger partial charge in [0.25, 0.3) is 0 Å². The third kappa shape index (κ3) is 7.09. The highest BCUT2D eigenvalue weighted by Crippen LogP contribution is 2.15. The lowest BCUT2D eigenvalue weighted by atomic mass is 10.1. The van der Waals surface area contributed by atoms with Crippen molar-refractivity contribution in [3.63, 3.8) is 0 Å². The van der Waals surface area contributed by atoms with Crippen LogP contribution in [0, 0.1) is 0 Å². The normalized spacial score (nSPS) is 14.2. The molecule has 8 nitrogen and oxygen atoms in total. The van der Waals surface area contributed by atoms with Crippen molar-refractivity contribution in [1.29, 1.82) is 0 Å². The van der Waals surface area contributed by atoms with Crippen molar-refractivity contribution in [2.24, 2.45) is 0 Å². The Hall–Kier alpha value is -2.77. The van der Waals surface area contributed by atoms with Gasteiger partial charge < -0.3 is 15.0 Å². The molecule has 1 aliphatic rings. The van der Waals surface area contributed by atoms with Gasteiger partial charge in [0.2, 0.25) is 5.91 Å². The number of rotatable bonds is 3. The molecule has 1 aliphatic heterocycles. The van der Waals surface area contributed by atoms with Gasteiger partial charge in [0.15, 0.2) is 0 Å². The molecule has 1 heterocycles. The van der Waals surface area contributed by atoms with Gasteiger partial charge in [0.1, 0.15) is 5.60 Å². The maximum atomic E-state index is 12.9. The molecule has 2 rings (SSSR count). The lowest BCUT2D eigenvalue weighted by molar-refractivity contribution is -0.114. The number of piperidine rings is 1. The smallest absolute Gasteiger partial charge is 0.426 e. The first kappa shape index (κ1) is 21.5. The number of carbonyl (C=O) groups is 3. The van der Waals surface area contributed by atoms with Gasteiger partial charge in [0, 0.05) is 25.7 Å². The maximum absolute atomic E-state index is 12.9. The van der Waals surface area contributed by atoms with Gasteiger partial charge in [-0.25, -0.2) is 20.0 Å². The van der Waals surface area contributed by atoms with E-state index in [0.717, 1.165) is 24.8 Å². The predicted molar refractivity (Wildman–Crippen MR) is 106 cm³/mol. The van der Waals surface area contributed by atoms with E-state index < -0.39 is 11.7 Å². The van der Waals surface area contributed by atoms with E-state index in [9.17, 15) is 14.4 Å². The molecule has 0 aromatic heterocycles. The number of urea groups is 1. The van der Waals surface area contributed by atoms with Gasteiger partial charge >= 0.3 is 12.1 Å². The highest BCUT2D eigenvalue weighted by atomic mass is 16.6. The summed E-state index contributed by atoms with van der Waals surface area (Å²) in [6.07, 6.45) is 2.34. The zero-order valence-corrected chi connectivity index (χ0v) is 17.1. The van der Waals surface area contributed by atoms with Gasteiger partial charge in [-0.05, 0) is 57.7 Å². The lowest BCUT2D eigenvalue weighted by Gasteiger charge is -2.33. The molecule has 2 N–H and O–H groups in total. The second kappa shape index (κ2) is 9.43. The summed E-state index contributed by atoms with van der Waals surface area (Å²) in [6.45, 7) is 8.28. The Morgan fingerprint density at radius 2 is 1.68 bits per heavy atom. The number of likely N-dealkylation sites (tertiary alicyclic amines) is 1. The lowest BCUT2D eigenvalue weighted by Crippen LogP contribution is -2.53. The quantitative estimate of drug-likeness (QED) is 0.773. The second-order valence-electron chi connectivity index (χ2n) is 7.91. The summed E-state index contributed by atoms with van der Waals surface area (Å²) >= 11 is 0. The van der Waals surface area contributed by atoms with Gasteiger partial charge in [-0.3, -0.25) is 4.79 Å². The standard InChI is InChI=1S/C20H30N4O4/c1-15(25)21-17-10-8-16(9-11-17)14-24(22-18(26)28-20(2,3)4)19(27)23-12-6-5-7-13-23/h8-11H,5-7,12-14H2,1-4H3,(H,21,25)(H,22,26). The number of amides is 4. The van der Waals surface area contributed by atoms with Crippen LogP contribution in [0.1, 0.15) is 52.5 Å². The molecule has 1 saturated heterocycles. The molecule has 0 radical (unpaired) electrons. The fraction of sp³-hybridized carbons (Fsp3) is 0.550. The van der Waals surface area contributed by atoms with E-state index in [2.05, 4.69) is 10.7 Å². The zero-order chi connectivity index (χ0) is 20.7. The van der Waals surface area contributed by atoms with E-state index in [4.69, 9.17) is 4.74 Å². The summed E-state index contributed by atoms with van der Waals surface area (Å²) in [5.74, 6) is -0.152. The largest absolute Gasteiger partial charge is 0.443 e. The molecule has 1 aromatic rings. The highest BCUT2D eigenvalue weighted by molar-refractivity contribution is 5.88. The molecule has 0 atom stereocenters. The van der Waals surface area contributed by atoms with Crippen LogP contribution in [0.5, 0.6) is 0 Å². The van der Waals surface area contributed by atoms with Crippen LogP contribution in [-0.2, 0) is 16.1 Å². The van der Waals surface area contributed by atoms with Gasteiger partial charge in [-0.2, -0.15) is 0 Å². The summed E-state index contributed by atoms with van der Waals surface area (Å²) in [4.78, 5) is 38.1. The molecular weight excluding hydrogens is 360 g/mol. The predicted octanol–water partition coefficient (Wildman–Crippen LogP) is 3.49. The van der Waals surface area contributed by atoms with Crippen LogP contribution >= 0.6 is 0 Å². The maximum Gasteiger partial charge on any atom is 0.426 e. The van der Waals surface area contributed by atoms with E-state index in [1.807, 2.05) is 0 Å². The van der Waals surface area contributed by atoms with Crippen LogP contribution in [0.3, 0.4) is 0 Å². The Balaban J connectivity index is 2.11. The molecule has 1 aromatic carbocycles. The number of anilines is 1. The summed E-state index contributed by atoms with van der Waals surface area (Å²) in [7, 11) is 0. The van der Waals surface area contributed by atoms with Crippen molar-refractivity contribution >= 4 is 23.7 Å². The molecule has 0 bridgehead atoms. The average molecular weight is 390 g/mol. The Labute approximate surface area is 166 Å². The summed E-state index contributed by atoms with van der Waals surface area (Å²) < 4.78 is 5.30. The first-order valence-electron chi connectivity index (χ1n) is 9.57. The molecule has 0 saturated carbocycles. The minimum atomic E-state index is -0.673. The van der Waals surface area contributed by atoms with Crippen molar-refractivity contribution in [3.05, 3.63) is 29.8 Å². The van der Waals surface area contributed by atoms with Crippen LogP contribution in [0.15, 0.2) is 24.3 Å². The molecule has 0 spiro atoms. The fourth-order valence-electron chi connectivity index (χ4n) is 2.90. The van der Waals surface area contributed by atoms with Crippen LogP contribution in [-0.4, -0.2) is 46.6 Å². The van der Waals surface area contributed by atoms with Gasteiger partial charge in [-0.15, -0.1) is 0 Å². The van der Waals surface area contributed by atoms with E-state index >= 15 is 0 Å². The summed E-state index contributed by atoms with van der Waals surface area (Å²) in [6, 6.07) is 6.87. The number of ether oxygens (including phenoxy) is 1. The average Bonchev–Trinajstić information content (AvgIpc) is 2.61. The fourth-order valence-corrected chi connectivity index (χ4v) is 2.90. The van der Waals surface area contributed by atoms with Crippen molar-refractivity contribution in [2.45, 2.75) is 59.1 Å². The van der Waals surface area contributed by atoms with Crippen molar-refractivity contribution in [3.8, 4) is 0 Å². The molecule has 154 valence electrons. The molecule has 0 aliphatic carbocycles. The topological polar surface area (TPSA) is 91.0 Å². The van der Waals surface area contributed by atoms with E-state index in [-0.39, 0.29) is 18.5 Å². The monoisotopic (exact) mass is 390 g/mol. The Morgan fingerprint density at radius 1 is 1.07 bits per heavy atom. The van der Waals surface area contributed by atoms with Crippen LogP contribution in [0.4, 0.5) is 15.3 Å². The van der Waals surface area contributed by atoms with E-state index in [0.29, 0.717) is 18.8 Å². The van der Waals surface area contributed by atoms with Crippen LogP contribution < -0.4 is 10.7 Å². The number of hydrogen-bond donors (Lipinski definition) is 2. The molecule has 0 unspecified atom stereocenters. The van der Waals surface area contributed by atoms with Gasteiger partial charge in [-0.1, -0.05) is 12.1 Å². The minimum Gasteiger partial charge on any atom is -0.443 e. The third-order valence-corrected chi connectivity index (χ3v) is 4.10. The second-order valence-corrected chi connectivity index (χ2v) is 7.91. The molecule has 4 amide bonds. The minimum absolute atomic E-state index is 0.152. The number of hydrazine groups is 1. The van der Waals surface area contributed by atoms with Crippen LogP contribution in [0.25, 0.3) is 0 Å².